The number of nitrogens with zero attached hydrogens (tertiary/aromatic N) is 2. The number of fused-ring (bicyclic) bond motifs is 1. The van der Waals surface area contributed by atoms with Gasteiger partial charge in [-0.15, -0.1) is 0 Å². The van der Waals surface area contributed by atoms with Crippen molar-refractivity contribution >= 4 is 17.5 Å². The lowest BCUT2D eigenvalue weighted by Crippen LogP contribution is -2.47. The molecule has 0 saturated carbocycles. The van der Waals surface area contributed by atoms with Crippen molar-refractivity contribution < 1.29 is 18.7 Å². The summed E-state index contributed by atoms with van der Waals surface area (Å²) in [7, 11) is 0. The van der Waals surface area contributed by atoms with Crippen LogP contribution in [0, 0.1) is 17.1 Å². The fraction of sp³-hybridized carbons (Fsp3) is 0.316. The van der Waals surface area contributed by atoms with Crippen molar-refractivity contribution in [2.75, 3.05) is 0 Å². The minimum absolute atomic E-state index is 0.00438. The summed E-state index contributed by atoms with van der Waals surface area (Å²) < 4.78 is 28.8. The zero-order chi connectivity index (χ0) is 19.7. The summed E-state index contributed by atoms with van der Waals surface area (Å²) in [6.45, 7) is -0.0817. The van der Waals surface area contributed by atoms with Crippen molar-refractivity contribution in [2.45, 2.75) is 37.1 Å². The van der Waals surface area contributed by atoms with Gasteiger partial charge in [-0.3, -0.25) is 9.78 Å². The summed E-state index contributed by atoms with van der Waals surface area (Å²) in [6.07, 6.45) is 0.710. The predicted octanol–water partition coefficient (Wildman–Crippen LogP) is 3.25. The number of amides is 1. The topological polar surface area (TPSA) is 86.0 Å². The molecule has 1 amide bonds. The molecule has 2 aromatic rings. The van der Waals surface area contributed by atoms with E-state index in [1.807, 2.05) is 6.07 Å². The molecule has 1 heterocycles. The van der Waals surface area contributed by atoms with Gasteiger partial charge in [0.05, 0.1) is 18.2 Å². The number of nitriles is 1. The largest absolute Gasteiger partial charge is 0.382 e. The van der Waals surface area contributed by atoms with E-state index in [-0.39, 0.29) is 42.1 Å². The molecule has 3 rings (SSSR count). The van der Waals surface area contributed by atoms with E-state index in [9.17, 15) is 14.3 Å². The monoisotopic (exact) mass is 391 g/mol. The standard InChI is InChI=1S/C19H16ClF2N3O2/c20-15-10-13(21)4-3-12(15)11-25-17(26)19(22)6-5-18(27,7-8-23)16-14(19)2-1-9-24-16/h1-4,9-10,27H,5-7,11H2,(H,25,26)/t18-,19-/m0/s1. The van der Waals surface area contributed by atoms with E-state index in [2.05, 4.69) is 10.3 Å². The molecule has 1 aliphatic carbocycles. The third kappa shape index (κ3) is 3.51. The summed E-state index contributed by atoms with van der Waals surface area (Å²) in [6, 6.07) is 8.44. The smallest absolute Gasteiger partial charge is 0.262 e. The average molecular weight is 392 g/mol. The van der Waals surface area contributed by atoms with E-state index >= 15 is 4.39 Å². The number of halogens is 3. The van der Waals surface area contributed by atoms with Crippen LogP contribution < -0.4 is 5.32 Å². The summed E-state index contributed by atoms with van der Waals surface area (Å²) in [5.41, 5.74) is -3.62. The summed E-state index contributed by atoms with van der Waals surface area (Å²) in [5, 5.41) is 22.2. The van der Waals surface area contributed by atoms with Crippen LogP contribution in [0.5, 0.6) is 0 Å². The second kappa shape index (κ2) is 7.22. The van der Waals surface area contributed by atoms with E-state index in [0.717, 1.165) is 6.07 Å². The lowest BCUT2D eigenvalue weighted by atomic mass is 9.73. The minimum atomic E-state index is -2.40. The van der Waals surface area contributed by atoms with Crippen LogP contribution in [0.25, 0.3) is 0 Å². The maximum atomic E-state index is 15.7. The number of rotatable bonds is 4. The first kappa shape index (κ1) is 19.2. The Morgan fingerprint density at radius 2 is 2.19 bits per heavy atom. The van der Waals surface area contributed by atoms with E-state index in [1.165, 1.54) is 30.5 Å². The number of benzene rings is 1. The number of carbonyl (C=O) groups excluding carboxylic acids is 1. The minimum Gasteiger partial charge on any atom is -0.382 e. The first-order chi connectivity index (χ1) is 12.8. The number of alkyl halides is 1. The molecular weight excluding hydrogens is 376 g/mol. The van der Waals surface area contributed by atoms with Gasteiger partial charge in [-0.05, 0) is 36.6 Å². The van der Waals surface area contributed by atoms with Crippen molar-refractivity contribution in [1.29, 1.82) is 5.26 Å². The van der Waals surface area contributed by atoms with E-state index < -0.39 is 23.0 Å². The van der Waals surface area contributed by atoms with Crippen LogP contribution in [0.3, 0.4) is 0 Å². The van der Waals surface area contributed by atoms with Gasteiger partial charge >= 0.3 is 0 Å². The van der Waals surface area contributed by atoms with Crippen LogP contribution in [0.15, 0.2) is 36.5 Å². The molecule has 0 unspecified atom stereocenters. The van der Waals surface area contributed by atoms with Crippen LogP contribution in [0.4, 0.5) is 8.78 Å². The fourth-order valence-electron chi connectivity index (χ4n) is 3.25. The zero-order valence-electron chi connectivity index (χ0n) is 14.2. The number of nitrogens with one attached hydrogen (secondary N) is 1. The Morgan fingerprint density at radius 1 is 1.41 bits per heavy atom. The van der Waals surface area contributed by atoms with Crippen molar-refractivity contribution in [3.63, 3.8) is 0 Å². The molecule has 0 bridgehead atoms. The highest BCUT2D eigenvalue weighted by Gasteiger charge is 2.51. The van der Waals surface area contributed by atoms with Crippen LogP contribution in [-0.2, 0) is 22.6 Å². The van der Waals surface area contributed by atoms with Gasteiger partial charge in [0, 0.05) is 23.3 Å². The molecule has 0 aliphatic heterocycles. The molecule has 0 saturated heterocycles. The van der Waals surface area contributed by atoms with E-state index in [0.29, 0.717) is 5.56 Å². The Hall–Kier alpha value is -2.56. The molecule has 140 valence electrons. The summed E-state index contributed by atoms with van der Waals surface area (Å²) >= 11 is 5.93. The predicted molar refractivity (Wildman–Crippen MR) is 93.6 cm³/mol. The van der Waals surface area contributed by atoms with Gasteiger partial charge in [0.15, 0.2) is 0 Å². The average Bonchev–Trinajstić information content (AvgIpc) is 2.65. The molecule has 0 spiro atoms. The quantitative estimate of drug-likeness (QED) is 0.837. The molecule has 1 aliphatic rings. The van der Waals surface area contributed by atoms with Crippen LogP contribution >= 0.6 is 11.6 Å². The Balaban J connectivity index is 1.87. The van der Waals surface area contributed by atoms with Crippen molar-refractivity contribution in [1.82, 2.24) is 10.3 Å². The van der Waals surface area contributed by atoms with Crippen molar-refractivity contribution in [3.8, 4) is 6.07 Å². The van der Waals surface area contributed by atoms with Crippen LogP contribution in [-0.4, -0.2) is 16.0 Å². The highest BCUT2D eigenvalue weighted by molar-refractivity contribution is 6.31. The number of carbonyl (C=O) groups is 1. The molecule has 5 nitrogen and oxygen atoms in total. The molecular formula is C19H16ClF2N3O2. The van der Waals surface area contributed by atoms with Gasteiger partial charge in [-0.1, -0.05) is 23.7 Å². The molecule has 0 radical (unpaired) electrons. The van der Waals surface area contributed by atoms with Gasteiger partial charge in [-0.25, -0.2) is 8.78 Å². The second-order valence-electron chi connectivity index (χ2n) is 6.49. The van der Waals surface area contributed by atoms with Gasteiger partial charge in [0.25, 0.3) is 5.91 Å². The van der Waals surface area contributed by atoms with E-state index in [1.54, 1.807) is 0 Å². The first-order valence-electron chi connectivity index (χ1n) is 8.26. The highest BCUT2D eigenvalue weighted by Crippen LogP contribution is 2.46. The highest BCUT2D eigenvalue weighted by atomic mass is 35.5. The number of pyridine rings is 1. The molecule has 8 heteroatoms. The molecule has 0 fully saturated rings. The molecule has 2 N–H and O–H groups in total. The Bertz CT molecular complexity index is 933. The number of hydrogen-bond acceptors (Lipinski definition) is 4. The third-order valence-corrected chi connectivity index (χ3v) is 5.10. The molecule has 1 aromatic heterocycles. The van der Waals surface area contributed by atoms with Crippen LogP contribution in [0.1, 0.15) is 36.1 Å². The van der Waals surface area contributed by atoms with Gasteiger partial charge in [0.1, 0.15) is 11.4 Å². The first-order valence-corrected chi connectivity index (χ1v) is 8.64. The van der Waals surface area contributed by atoms with E-state index in [4.69, 9.17) is 16.9 Å². The lowest BCUT2D eigenvalue weighted by molar-refractivity contribution is -0.137. The summed E-state index contributed by atoms with van der Waals surface area (Å²) in [4.78, 5) is 16.7. The Morgan fingerprint density at radius 3 is 2.89 bits per heavy atom. The maximum Gasteiger partial charge on any atom is 0.262 e. The zero-order valence-corrected chi connectivity index (χ0v) is 14.9. The molecule has 1 aromatic carbocycles. The second-order valence-corrected chi connectivity index (χ2v) is 6.89. The van der Waals surface area contributed by atoms with Gasteiger partial charge in [-0.2, -0.15) is 5.26 Å². The van der Waals surface area contributed by atoms with Gasteiger partial charge < -0.3 is 10.4 Å². The number of aromatic nitrogens is 1. The Labute approximate surface area is 159 Å². The van der Waals surface area contributed by atoms with Crippen molar-refractivity contribution in [3.05, 3.63) is 64.2 Å². The SMILES string of the molecule is N#CC[C@@]1(O)CC[C@@](F)(C(=O)NCc2ccc(F)cc2Cl)c2cccnc21. The lowest BCUT2D eigenvalue weighted by Gasteiger charge is -2.38. The number of aliphatic hydroxyl groups is 1. The Kier molecular flexibility index (Phi) is 5.13. The number of hydrogen-bond donors (Lipinski definition) is 2. The maximum absolute atomic E-state index is 15.7. The van der Waals surface area contributed by atoms with Gasteiger partial charge in [0.2, 0.25) is 5.67 Å². The fourth-order valence-corrected chi connectivity index (χ4v) is 3.48. The van der Waals surface area contributed by atoms with Crippen LogP contribution in [0.2, 0.25) is 5.02 Å². The summed E-state index contributed by atoms with van der Waals surface area (Å²) in [5.74, 6) is -1.42. The van der Waals surface area contributed by atoms with Crippen molar-refractivity contribution in [2.24, 2.45) is 0 Å². The third-order valence-electron chi connectivity index (χ3n) is 4.74. The normalized spacial score (nSPS) is 24.0. The molecule has 2 atom stereocenters. The molecule has 27 heavy (non-hydrogen) atoms.